The number of carbonyl (C=O) groups is 2. The summed E-state index contributed by atoms with van der Waals surface area (Å²) in [6.07, 6.45) is 0.483. The lowest BCUT2D eigenvalue weighted by Gasteiger charge is -2.34. The zero-order valence-corrected chi connectivity index (χ0v) is 19.2. The molecular formula is C24H25N5O3S. The number of fused-ring (bicyclic) bond motifs is 1. The molecule has 3 aromatic rings. The van der Waals surface area contributed by atoms with Gasteiger partial charge in [-0.05, 0) is 25.1 Å². The standard InChI is InChI=1S/C24H25N5O3S/c1-16-2-4-17(5-3-16)23-26-22(32-27-23)15-28-9-11-29(12-10-28)24(31)18-6-7-20-19(14-18)25-21(30)8-13-33-20/h2-7,14H,8-13,15H2,1H3,(H,25,30). The number of thioether (sulfide) groups is 1. The number of anilines is 1. The minimum Gasteiger partial charge on any atom is -0.338 e. The largest absolute Gasteiger partial charge is 0.338 e. The van der Waals surface area contributed by atoms with E-state index < -0.39 is 0 Å². The van der Waals surface area contributed by atoms with Crippen LogP contribution in [0.15, 0.2) is 51.9 Å². The fourth-order valence-electron chi connectivity index (χ4n) is 3.97. The van der Waals surface area contributed by atoms with E-state index in [9.17, 15) is 9.59 Å². The van der Waals surface area contributed by atoms with Gasteiger partial charge < -0.3 is 14.7 Å². The Morgan fingerprint density at radius 1 is 1.12 bits per heavy atom. The van der Waals surface area contributed by atoms with Gasteiger partial charge in [0, 0.05) is 54.4 Å². The van der Waals surface area contributed by atoms with Crippen molar-refractivity contribution in [3.8, 4) is 11.4 Å². The van der Waals surface area contributed by atoms with E-state index in [0.29, 0.717) is 43.3 Å². The highest BCUT2D eigenvalue weighted by atomic mass is 32.2. The van der Waals surface area contributed by atoms with E-state index >= 15 is 0 Å². The first-order chi connectivity index (χ1) is 16.0. The second-order valence-electron chi connectivity index (χ2n) is 8.30. The van der Waals surface area contributed by atoms with Crippen LogP contribution < -0.4 is 5.32 Å². The summed E-state index contributed by atoms with van der Waals surface area (Å²) in [6, 6.07) is 13.6. The van der Waals surface area contributed by atoms with Crippen LogP contribution in [0.3, 0.4) is 0 Å². The Hall–Kier alpha value is -3.17. The van der Waals surface area contributed by atoms with Gasteiger partial charge in [0.2, 0.25) is 17.6 Å². The van der Waals surface area contributed by atoms with Crippen molar-refractivity contribution in [3.63, 3.8) is 0 Å². The zero-order valence-electron chi connectivity index (χ0n) is 18.4. The Balaban J connectivity index is 1.18. The molecule has 2 amide bonds. The normalized spacial score (nSPS) is 16.8. The van der Waals surface area contributed by atoms with Gasteiger partial charge in [-0.25, -0.2) is 0 Å². The third-order valence-corrected chi connectivity index (χ3v) is 6.96. The van der Waals surface area contributed by atoms with Crippen molar-refractivity contribution in [1.82, 2.24) is 19.9 Å². The van der Waals surface area contributed by atoms with E-state index in [1.54, 1.807) is 17.8 Å². The Morgan fingerprint density at radius 3 is 2.70 bits per heavy atom. The molecule has 1 N–H and O–H groups in total. The van der Waals surface area contributed by atoms with Gasteiger partial charge in [-0.2, -0.15) is 4.98 Å². The highest BCUT2D eigenvalue weighted by Crippen LogP contribution is 2.32. The average Bonchev–Trinajstić information content (AvgIpc) is 3.20. The van der Waals surface area contributed by atoms with E-state index in [2.05, 4.69) is 20.4 Å². The number of nitrogens with zero attached hydrogens (tertiary/aromatic N) is 4. The van der Waals surface area contributed by atoms with Gasteiger partial charge in [-0.3, -0.25) is 14.5 Å². The number of aryl methyl sites for hydroxylation is 1. The minimum absolute atomic E-state index is 0.00831. The molecule has 0 aliphatic carbocycles. The van der Waals surface area contributed by atoms with Crippen LogP contribution in [0.5, 0.6) is 0 Å². The maximum atomic E-state index is 13.0. The summed E-state index contributed by atoms with van der Waals surface area (Å²) in [6.45, 7) is 5.30. The summed E-state index contributed by atoms with van der Waals surface area (Å²) in [5.41, 5.74) is 3.45. The fourth-order valence-corrected chi connectivity index (χ4v) is 4.91. The van der Waals surface area contributed by atoms with Crippen molar-refractivity contribution in [2.75, 3.05) is 37.2 Å². The molecule has 3 heterocycles. The molecule has 0 spiro atoms. The molecule has 1 saturated heterocycles. The predicted molar refractivity (Wildman–Crippen MR) is 126 cm³/mol. The molecule has 170 valence electrons. The van der Waals surface area contributed by atoms with Crippen molar-refractivity contribution in [3.05, 3.63) is 59.5 Å². The molecule has 0 unspecified atom stereocenters. The summed E-state index contributed by atoms with van der Waals surface area (Å²) < 4.78 is 5.45. The second kappa shape index (κ2) is 9.36. The lowest BCUT2D eigenvalue weighted by Crippen LogP contribution is -2.48. The fraction of sp³-hybridized carbons (Fsp3) is 0.333. The predicted octanol–water partition coefficient (Wildman–Crippen LogP) is 3.44. The number of amides is 2. The molecule has 2 aliphatic heterocycles. The second-order valence-corrected chi connectivity index (χ2v) is 9.44. The van der Waals surface area contributed by atoms with Crippen LogP contribution in [0.25, 0.3) is 11.4 Å². The van der Waals surface area contributed by atoms with Crippen molar-refractivity contribution < 1.29 is 14.1 Å². The number of hydrogen-bond donors (Lipinski definition) is 1. The van der Waals surface area contributed by atoms with Crippen LogP contribution in [0.1, 0.15) is 28.2 Å². The molecular weight excluding hydrogens is 438 g/mol. The highest BCUT2D eigenvalue weighted by Gasteiger charge is 2.25. The Morgan fingerprint density at radius 2 is 1.91 bits per heavy atom. The number of hydrogen-bond acceptors (Lipinski definition) is 7. The Bertz CT molecular complexity index is 1170. The molecule has 9 heteroatoms. The van der Waals surface area contributed by atoms with E-state index in [1.807, 2.05) is 48.2 Å². The van der Waals surface area contributed by atoms with E-state index in [1.165, 1.54) is 5.56 Å². The molecule has 0 atom stereocenters. The minimum atomic E-state index is -0.0135. The number of benzene rings is 2. The SMILES string of the molecule is Cc1ccc(-c2noc(CN3CCN(C(=O)c4ccc5c(c4)NC(=O)CCS5)CC3)n2)cc1. The summed E-state index contributed by atoms with van der Waals surface area (Å²) in [4.78, 5) is 34.5. The van der Waals surface area contributed by atoms with E-state index in [4.69, 9.17) is 4.52 Å². The maximum absolute atomic E-state index is 13.0. The average molecular weight is 464 g/mol. The molecule has 0 saturated carbocycles. The molecule has 2 aliphatic rings. The maximum Gasteiger partial charge on any atom is 0.254 e. The molecule has 1 aromatic heterocycles. The monoisotopic (exact) mass is 463 g/mol. The lowest BCUT2D eigenvalue weighted by atomic mass is 10.1. The Kier molecular flexibility index (Phi) is 6.15. The molecule has 0 bridgehead atoms. The third kappa shape index (κ3) is 4.94. The van der Waals surface area contributed by atoms with Gasteiger partial charge in [0.25, 0.3) is 5.91 Å². The van der Waals surface area contributed by atoms with Crippen LogP contribution in [0, 0.1) is 6.92 Å². The first-order valence-corrected chi connectivity index (χ1v) is 12.0. The molecule has 8 nitrogen and oxygen atoms in total. The van der Waals surface area contributed by atoms with E-state index in [0.717, 1.165) is 35.0 Å². The van der Waals surface area contributed by atoms with Crippen molar-refractivity contribution >= 4 is 29.3 Å². The summed E-state index contributed by atoms with van der Waals surface area (Å²) in [7, 11) is 0. The van der Waals surface area contributed by atoms with Gasteiger partial charge in [-0.1, -0.05) is 35.0 Å². The Labute approximate surface area is 196 Å². The van der Waals surface area contributed by atoms with Crippen molar-refractivity contribution in [2.24, 2.45) is 0 Å². The zero-order chi connectivity index (χ0) is 22.8. The number of carbonyl (C=O) groups excluding carboxylic acids is 2. The van der Waals surface area contributed by atoms with Gasteiger partial charge in [-0.15, -0.1) is 11.8 Å². The number of aromatic nitrogens is 2. The summed E-state index contributed by atoms with van der Waals surface area (Å²) >= 11 is 1.64. The number of rotatable bonds is 4. The number of nitrogens with one attached hydrogen (secondary N) is 1. The molecule has 1 fully saturated rings. The molecule has 5 rings (SSSR count). The number of piperazine rings is 1. The van der Waals surface area contributed by atoms with Crippen molar-refractivity contribution in [2.45, 2.75) is 24.8 Å². The molecule has 0 radical (unpaired) electrons. The summed E-state index contributed by atoms with van der Waals surface area (Å²) in [5, 5.41) is 7.01. The topological polar surface area (TPSA) is 91.6 Å². The van der Waals surface area contributed by atoms with Gasteiger partial charge in [0.05, 0.1) is 12.2 Å². The summed E-state index contributed by atoms with van der Waals surface area (Å²) in [5.74, 6) is 1.89. The van der Waals surface area contributed by atoms with Gasteiger partial charge >= 0.3 is 0 Å². The van der Waals surface area contributed by atoms with Gasteiger partial charge in [0.1, 0.15) is 0 Å². The molecule has 33 heavy (non-hydrogen) atoms. The van der Waals surface area contributed by atoms with E-state index in [-0.39, 0.29) is 11.8 Å². The van der Waals surface area contributed by atoms with Crippen LogP contribution in [-0.2, 0) is 11.3 Å². The smallest absolute Gasteiger partial charge is 0.254 e. The molecule has 2 aromatic carbocycles. The van der Waals surface area contributed by atoms with Crippen LogP contribution in [0.4, 0.5) is 5.69 Å². The third-order valence-electron chi connectivity index (χ3n) is 5.88. The first-order valence-electron chi connectivity index (χ1n) is 11.0. The van der Waals surface area contributed by atoms with Gasteiger partial charge in [0.15, 0.2) is 0 Å². The quantitative estimate of drug-likeness (QED) is 0.634. The van der Waals surface area contributed by atoms with Crippen LogP contribution in [0.2, 0.25) is 0 Å². The van der Waals surface area contributed by atoms with Crippen LogP contribution >= 0.6 is 11.8 Å². The highest BCUT2D eigenvalue weighted by molar-refractivity contribution is 7.99. The van der Waals surface area contributed by atoms with Crippen molar-refractivity contribution in [1.29, 1.82) is 0 Å². The van der Waals surface area contributed by atoms with Crippen LogP contribution in [-0.4, -0.2) is 63.7 Å². The first kappa shape index (κ1) is 21.7. The lowest BCUT2D eigenvalue weighted by molar-refractivity contribution is -0.115.